The fourth-order valence-electron chi connectivity index (χ4n) is 1.70. The topological polar surface area (TPSA) is 63.0 Å². The molecular weight excluding hydrogens is 249 g/mol. The number of pyridine rings is 1. The van der Waals surface area contributed by atoms with Gasteiger partial charge in [0.15, 0.2) is 11.2 Å². The molecule has 0 aliphatic rings. The summed E-state index contributed by atoms with van der Waals surface area (Å²) in [4.78, 5) is 21.5. The van der Waals surface area contributed by atoms with Gasteiger partial charge in [0.25, 0.3) is 5.56 Å². The zero-order chi connectivity index (χ0) is 12.9. The van der Waals surface area contributed by atoms with Crippen LogP contribution in [0.4, 0.5) is 13.2 Å². The van der Waals surface area contributed by atoms with Crippen LogP contribution in [0.3, 0.4) is 0 Å². The Morgan fingerprint density at radius 3 is 2.78 bits per heavy atom. The number of H-pyrrole nitrogens is 1. The SMILES string of the molecule is O=c1[nH]cnc2c1nc1ccc(C(F)(F)F)cn12. The monoisotopic (exact) mass is 254 g/mol. The van der Waals surface area contributed by atoms with Crippen molar-refractivity contribution in [1.29, 1.82) is 0 Å². The number of imidazole rings is 1. The van der Waals surface area contributed by atoms with E-state index in [2.05, 4.69) is 15.0 Å². The molecule has 1 N–H and O–H groups in total. The first kappa shape index (κ1) is 10.8. The molecule has 3 aromatic heterocycles. The largest absolute Gasteiger partial charge is 0.417 e. The molecule has 0 spiro atoms. The number of aromatic nitrogens is 4. The molecule has 92 valence electrons. The molecule has 0 saturated carbocycles. The maximum Gasteiger partial charge on any atom is 0.417 e. The van der Waals surface area contributed by atoms with Crippen LogP contribution < -0.4 is 5.56 Å². The summed E-state index contributed by atoms with van der Waals surface area (Å²) in [5.74, 6) is 0. The molecule has 5 nitrogen and oxygen atoms in total. The van der Waals surface area contributed by atoms with E-state index >= 15 is 0 Å². The molecule has 18 heavy (non-hydrogen) atoms. The maximum absolute atomic E-state index is 12.6. The highest BCUT2D eigenvalue weighted by Crippen LogP contribution is 2.29. The zero-order valence-corrected chi connectivity index (χ0v) is 8.69. The van der Waals surface area contributed by atoms with Crippen molar-refractivity contribution in [3.05, 3.63) is 40.6 Å². The summed E-state index contributed by atoms with van der Waals surface area (Å²) in [7, 11) is 0. The van der Waals surface area contributed by atoms with E-state index in [1.165, 1.54) is 6.07 Å². The van der Waals surface area contributed by atoms with Crippen LogP contribution in [-0.2, 0) is 6.18 Å². The average Bonchev–Trinajstić information content (AvgIpc) is 2.67. The maximum atomic E-state index is 12.6. The van der Waals surface area contributed by atoms with E-state index < -0.39 is 17.3 Å². The molecule has 8 heteroatoms. The van der Waals surface area contributed by atoms with Crippen molar-refractivity contribution in [3.63, 3.8) is 0 Å². The Hall–Kier alpha value is -2.38. The summed E-state index contributed by atoms with van der Waals surface area (Å²) in [5, 5.41) is 0. The van der Waals surface area contributed by atoms with Crippen molar-refractivity contribution in [2.75, 3.05) is 0 Å². The minimum Gasteiger partial charge on any atom is -0.311 e. The van der Waals surface area contributed by atoms with E-state index in [0.29, 0.717) is 0 Å². The number of fused-ring (bicyclic) bond motifs is 3. The second-order valence-corrected chi connectivity index (χ2v) is 3.66. The number of alkyl halides is 3. The van der Waals surface area contributed by atoms with Crippen molar-refractivity contribution in [2.45, 2.75) is 6.18 Å². The van der Waals surface area contributed by atoms with Gasteiger partial charge in [-0.2, -0.15) is 13.2 Å². The molecule has 0 bridgehead atoms. The Bertz CT molecular complexity index is 802. The van der Waals surface area contributed by atoms with Gasteiger partial charge in [-0.25, -0.2) is 9.97 Å². The van der Waals surface area contributed by atoms with E-state index in [1.54, 1.807) is 0 Å². The van der Waals surface area contributed by atoms with Crippen LogP contribution in [0.5, 0.6) is 0 Å². The number of aromatic amines is 1. The fraction of sp³-hybridized carbons (Fsp3) is 0.100. The van der Waals surface area contributed by atoms with Gasteiger partial charge in [0, 0.05) is 6.20 Å². The third kappa shape index (κ3) is 1.45. The normalized spacial score (nSPS) is 12.4. The number of hydrogen-bond acceptors (Lipinski definition) is 3. The minimum absolute atomic E-state index is 0.0109. The van der Waals surface area contributed by atoms with Gasteiger partial charge in [-0.3, -0.25) is 9.20 Å². The van der Waals surface area contributed by atoms with E-state index in [4.69, 9.17) is 0 Å². The van der Waals surface area contributed by atoms with Crippen molar-refractivity contribution in [3.8, 4) is 0 Å². The Morgan fingerprint density at radius 1 is 1.28 bits per heavy atom. The first-order valence-electron chi connectivity index (χ1n) is 4.89. The lowest BCUT2D eigenvalue weighted by Crippen LogP contribution is -2.07. The van der Waals surface area contributed by atoms with Crippen LogP contribution in [0.1, 0.15) is 5.56 Å². The van der Waals surface area contributed by atoms with Crippen molar-refractivity contribution >= 4 is 16.8 Å². The first-order valence-corrected chi connectivity index (χ1v) is 4.89. The molecule has 0 aliphatic carbocycles. The summed E-state index contributed by atoms with van der Waals surface area (Å²) >= 11 is 0. The lowest BCUT2D eigenvalue weighted by atomic mass is 10.3. The highest BCUT2D eigenvalue weighted by atomic mass is 19.4. The highest BCUT2D eigenvalue weighted by Gasteiger charge is 2.31. The molecule has 0 saturated heterocycles. The van der Waals surface area contributed by atoms with Crippen LogP contribution in [0.2, 0.25) is 0 Å². The smallest absolute Gasteiger partial charge is 0.311 e. The van der Waals surface area contributed by atoms with Crippen molar-refractivity contribution < 1.29 is 13.2 Å². The van der Waals surface area contributed by atoms with Gasteiger partial charge < -0.3 is 4.98 Å². The van der Waals surface area contributed by atoms with Gasteiger partial charge >= 0.3 is 6.18 Å². The van der Waals surface area contributed by atoms with Gasteiger partial charge in [-0.15, -0.1) is 0 Å². The minimum atomic E-state index is -4.45. The first-order chi connectivity index (χ1) is 8.47. The predicted octanol–water partition coefficient (Wildman–Crippen LogP) is 1.59. The number of nitrogens with zero attached hydrogens (tertiary/aromatic N) is 3. The molecular formula is C10H5F3N4O. The third-order valence-electron chi connectivity index (χ3n) is 2.52. The standard InChI is InChI=1S/C10H5F3N4O/c11-10(12,13)5-1-2-6-16-7-8(17(6)3-5)14-4-15-9(7)18/h1-4H,(H,14,15,18). The van der Waals surface area contributed by atoms with Crippen LogP contribution in [0, 0.1) is 0 Å². The van der Waals surface area contributed by atoms with Crippen LogP contribution in [-0.4, -0.2) is 19.4 Å². The molecule has 3 heterocycles. The van der Waals surface area contributed by atoms with Gasteiger partial charge in [-0.1, -0.05) is 0 Å². The third-order valence-corrected chi connectivity index (χ3v) is 2.52. The van der Waals surface area contributed by atoms with Gasteiger partial charge in [0.05, 0.1) is 11.9 Å². The predicted molar refractivity (Wildman–Crippen MR) is 56.1 cm³/mol. The van der Waals surface area contributed by atoms with E-state index in [-0.39, 0.29) is 16.8 Å². The van der Waals surface area contributed by atoms with Crippen LogP contribution in [0.15, 0.2) is 29.5 Å². The number of hydrogen-bond donors (Lipinski definition) is 1. The van der Waals surface area contributed by atoms with Gasteiger partial charge in [0.2, 0.25) is 0 Å². The lowest BCUT2D eigenvalue weighted by molar-refractivity contribution is -0.137. The van der Waals surface area contributed by atoms with E-state index in [0.717, 1.165) is 23.0 Å². The molecule has 0 atom stereocenters. The Kier molecular flexibility index (Phi) is 1.98. The van der Waals surface area contributed by atoms with Crippen molar-refractivity contribution in [2.24, 2.45) is 0 Å². The highest BCUT2D eigenvalue weighted by molar-refractivity contribution is 5.75. The van der Waals surface area contributed by atoms with Gasteiger partial charge in [-0.05, 0) is 12.1 Å². The summed E-state index contributed by atoms with van der Waals surface area (Å²) in [6.07, 6.45) is -2.46. The molecule has 0 fully saturated rings. The van der Waals surface area contributed by atoms with Crippen LogP contribution >= 0.6 is 0 Å². The van der Waals surface area contributed by atoms with Crippen LogP contribution in [0.25, 0.3) is 16.8 Å². The lowest BCUT2D eigenvalue weighted by Gasteiger charge is -2.06. The molecule has 0 aromatic carbocycles. The van der Waals surface area contributed by atoms with Crippen molar-refractivity contribution in [1.82, 2.24) is 19.4 Å². The summed E-state index contributed by atoms with van der Waals surface area (Å²) in [5.41, 5.74) is -0.965. The number of halogens is 3. The van der Waals surface area contributed by atoms with E-state index in [9.17, 15) is 18.0 Å². The van der Waals surface area contributed by atoms with E-state index in [1.807, 2.05) is 0 Å². The average molecular weight is 254 g/mol. The zero-order valence-electron chi connectivity index (χ0n) is 8.69. The van der Waals surface area contributed by atoms with Gasteiger partial charge in [0.1, 0.15) is 5.65 Å². The molecule has 0 radical (unpaired) electrons. The number of nitrogens with one attached hydrogen (secondary N) is 1. The summed E-state index contributed by atoms with van der Waals surface area (Å²) in [6, 6.07) is 2.11. The second-order valence-electron chi connectivity index (χ2n) is 3.66. The molecule has 3 aromatic rings. The molecule has 3 rings (SSSR count). The quantitative estimate of drug-likeness (QED) is 0.662. The molecule has 0 unspecified atom stereocenters. The molecule has 0 aliphatic heterocycles. The number of rotatable bonds is 0. The Morgan fingerprint density at radius 2 is 2.06 bits per heavy atom. The summed E-state index contributed by atoms with van der Waals surface area (Å²) in [6.45, 7) is 0. The molecule has 0 amide bonds. The second kappa shape index (κ2) is 3.31. The summed E-state index contributed by atoms with van der Waals surface area (Å²) < 4.78 is 38.9. The fourth-order valence-corrected chi connectivity index (χ4v) is 1.70. The Labute approximate surface area is 96.9 Å². The Balaban J connectivity index is 2.44.